The van der Waals surface area contributed by atoms with E-state index >= 15 is 0 Å². The average molecular weight is 419 g/mol. The molecule has 6 heteroatoms. The van der Waals surface area contributed by atoms with Gasteiger partial charge >= 0.3 is 0 Å². The average Bonchev–Trinajstić information content (AvgIpc) is 3.28. The van der Waals surface area contributed by atoms with Gasteiger partial charge in [-0.1, -0.05) is 97.6 Å². The number of anilines is 1. The van der Waals surface area contributed by atoms with Crippen molar-refractivity contribution in [3.8, 4) is 0 Å². The Kier molecular flexibility index (Phi) is 4.88. The Bertz CT molecular complexity index is 1330. The Hall–Kier alpha value is -4.45. The number of hydrogen-bond acceptors (Lipinski definition) is 4. The van der Waals surface area contributed by atoms with Crippen LogP contribution in [0, 0.1) is 0 Å². The van der Waals surface area contributed by atoms with Crippen LogP contribution in [0.2, 0.25) is 0 Å². The molecule has 0 saturated heterocycles. The van der Waals surface area contributed by atoms with E-state index in [0.29, 0.717) is 11.6 Å². The van der Waals surface area contributed by atoms with Gasteiger partial charge in [0, 0.05) is 6.20 Å². The van der Waals surface area contributed by atoms with Gasteiger partial charge in [0.2, 0.25) is 5.95 Å². The summed E-state index contributed by atoms with van der Waals surface area (Å²) in [6.45, 7) is 3.78. The second-order valence-corrected chi connectivity index (χ2v) is 7.39. The van der Waals surface area contributed by atoms with Crippen molar-refractivity contribution < 1.29 is 0 Å². The van der Waals surface area contributed by atoms with Crippen molar-refractivity contribution in [2.45, 2.75) is 5.54 Å². The van der Waals surface area contributed by atoms with Gasteiger partial charge in [-0.05, 0) is 16.7 Å². The van der Waals surface area contributed by atoms with E-state index in [1.807, 2.05) is 54.6 Å². The van der Waals surface area contributed by atoms with Crippen molar-refractivity contribution in [3.05, 3.63) is 131 Å². The van der Waals surface area contributed by atoms with Gasteiger partial charge in [0.25, 0.3) is 5.56 Å². The van der Waals surface area contributed by atoms with Crippen molar-refractivity contribution in [2.75, 3.05) is 5.32 Å². The van der Waals surface area contributed by atoms with Crippen molar-refractivity contribution in [3.63, 3.8) is 0 Å². The third-order valence-electron chi connectivity index (χ3n) is 5.56. The van der Waals surface area contributed by atoms with Crippen LogP contribution in [-0.4, -0.2) is 19.5 Å². The first-order valence-corrected chi connectivity index (χ1v) is 10.3. The largest absolute Gasteiger partial charge is 0.338 e. The van der Waals surface area contributed by atoms with Gasteiger partial charge in [0.15, 0.2) is 11.2 Å². The second kappa shape index (κ2) is 8.00. The van der Waals surface area contributed by atoms with Gasteiger partial charge in [-0.25, -0.2) is 4.98 Å². The molecule has 32 heavy (non-hydrogen) atoms. The molecule has 0 aliphatic heterocycles. The van der Waals surface area contributed by atoms with E-state index in [1.165, 1.54) is 6.33 Å². The predicted molar refractivity (Wildman–Crippen MR) is 127 cm³/mol. The molecule has 5 rings (SSSR count). The Balaban J connectivity index is 1.80. The van der Waals surface area contributed by atoms with Crippen LogP contribution in [0.1, 0.15) is 16.7 Å². The van der Waals surface area contributed by atoms with E-state index in [0.717, 1.165) is 16.7 Å². The zero-order valence-electron chi connectivity index (χ0n) is 17.3. The summed E-state index contributed by atoms with van der Waals surface area (Å²) in [7, 11) is 0. The normalized spacial score (nSPS) is 11.4. The zero-order valence-corrected chi connectivity index (χ0v) is 17.3. The molecule has 0 atom stereocenters. The number of fused-ring (bicyclic) bond motifs is 1. The van der Waals surface area contributed by atoms with Crippen LogP contribution in [0.25, 0.3) is 17.4 Å². The number of imidazole rings is 1. The first-order chi connectivity index (χ1) is 15.7. The molecule has 2 N–H and O–H groups in total. The maximum atomic E-state index is 12.8. The maximum Gasteiger partial charge on any atom is 0.280 e. The molecule has 0 aliphatic rings. The third kappa shape index (κ3) is 3.18. The highest BCUT2D eigenvalue weighted by Crippen LogP contribution is 2.39. The number of aromatic amines is 1. The minimum Gasteiger partial charge on any atom is -0.338 e. The molecular formula is C26H21N5O. The van der Waals surface area contributed by atoms with Crippen molar-refractivity contribution in [1.82, 2.24) is 19.5 Å². The molecule has 0 radical (unpaired) electrons. The van der Waals surface area contributed by atoms with Crippen LogP contribution in [0.4, 0.5) is 5.95 Å². The number of hydrogen-bond donors (Lipinski definition) is 2. The molecule has 2 heterocycles. The highest BCUT2D eigenvalue weighted by molar-refractivity contribution is 5.73. The molecule has 0 aliphatic carbocycles. The molecule has 6 nitrogen and oxygen atoms in total. The van der Waals surface area contributed by atoms with Crippen molar-refractivity contribution in [1.29, 1.82) is 0 Å². The van der Waals surface area contributed by atoms with Crippen molar-refractivity contribution >= 4 is 23.3 Å². The van der Waals surface area contributed by atoms with E-state index in [9.17, 15) is 4.79 Å². The molecule has 0 unspecified atom stereocenters. The van der Waals surface area contributed by atoms with Gasteiger partial charge in [-0.3, -0.25) is 14.3 Å². The topological polar surface area (TPSA) is 75.6 Å². The number of aromatic nitrogens is 4. The Morgan fingerprint density at radius 3 is 1.81 bits per heavy atom. The minimum atomic E-state index is -0.799. The Morgan fingerprint density at radius 2 is 1.34 bits per heavy atom. The fourth-order valence-corrected chi connectivity index (χ4v) is 4.08. The zero-order chi connectivity index (χ0) is 22.0. The lowest BCUT2D eigenvalue weighted by Crippen LogP contribution is -2.39. The molecule has 0 bridgehead atoms. The summed E-state index contributed by atoms with van der Waals surface area (Å²) in [4.78, 5) is 24.5. The third-order valence-corrected chi connectivity index (χ3v) is 5.56. The highest BCUT2D eigenvalue weighted by atomic mass is 16.1. The molecule has 0 spiro atoms. The summed E-state index contributed by atoms with van der Waals surface area (Å²) in [6.07, 6.45) is 3.10. The molecule has 5 aromatic rings. The van der Waals surface area contributed by atoms with Crippen molar-refractivity contribution in [2.24, 2.45) is 0 Å². The van der Waals surface area contributed by atoms with Crippen LogP contribution < -0.4 is 10.9 Å². The summed E-state index contributed by atoms with van der Waals surface area (Å²) < 4.78 is 1.63. The molecule has 2 aromatic heterocycles. The van der Waals surface area contributed by atoms with Gasteiger partial charge in [0.05, 0.1) is 0 Å². The molecule has 156 valence electrons. The van der Waals surface area contributed by atoms with Gasteiger partial charge in [-0.15, -0.1) is 0 Å². The first kappa shape index (κ1) is 19.5. The number of H-pyrrole nitrogens is 1. The smallest absolute Gasteiger partial charge is 0.280 e. The fourth-order valence-electron chi connectivity index (χ4n) is 4.08. The molecule has 0 amide bonds. The molecule has 3 aromatic carbocycles. The van der Waals surface area contributed by atoms with Crippen LogP contribution in [0.15, 0.2) is 109 Å². The molecule has 0 fully saturated rings. The van der Waals surface area contributed by atoms with Crippen LogP contribution >= 0.6 is 0 Å². The fraction of sp³-hybridized carbons (Fsp3) is 0.0385. The second-order valence-electron chi connectivity index (χ2n) is 7.39. The van der Waals surface area contributed by atoms with Crippen LogP contribution in [-0.2, 0) is 5.54 Å². The molecular weight excluding hydrogens is 398 g/mol. The van der Waals surface area contributed by atoms with E-state index in [1.54, 1.807) is 10.8 Å². The van der Waals surface area contributed by atoms with E-state index in [4.69, 9.17) is 4.98 Å². The van der Waals surface area contributed by atoms with Gasteiger partial charge < -0.3 is 5.32 Å². The van der Waals surface area contributed by atoms with Crippen LogP contribution in [0.3, 0.4) is 0 Å². The summed E-state index contributed by atoms with van der Waals surface area (Å²) in [5, 5.41) is 3.57. The van der Waals surface area contributed by atoms with E-state index < -0.39 is 5.54 Å². The summed E-state index contributed by atoms with van der Waals surface area (Å²) in [5.74, 6) is 0.336. The van der Waals surface area contributed by atoms with Gasteiger partial charge in [0.1, 0.15) is 11.9 Å². The summed E-state index contributed by atoms with van der Waals surface area (Å²) >= 11 is 0. The Labute approximate surface area is 184 Å². The lowest BCUT2D eigenvalue weighted by molar-refractivity contribution is 0.700. The van der Waals surface area contributed by atoms with Crippen LogP contribution in [0.5, 0.6) is 0 Å². The standard InChI is InChI=1S/C26H21N5O/c1-2-31-18-27-22-23(31)28-25(29-24(22)32)30-26(19-12-6-3-7-13-19,20-14-8-4-9-15-20)21-16-10-5-11-17-21/h2-18H,1H2,(H2,28,29,30,32). The highest BCUT2D eigenvalue weighted by Gasteiger charge is 2.37. The number of rotatable bonds is 6. The monoisotopic (exact) mass is 419 g/mol. The van der Waals surface area contributed by atoms with E-state index in [-0.39, 0.29) is 11.1 Å². The maximum absolute atomic E-state index is 12.8. The number of nitrogens with zero attached hydrogens (tertiary/aromatic N) is 3. The van der Waals surface area contributed by atoms with Gasteiger partial charge in [-0.2, -0.15) is 4.98 Å². The SMILES string of the molecule is C=Cn1cnc2c(=O)[nH]c(NC(c3ccccc3)(c3ccccc3)c3ccccc3)nc21. The minimum absolute atomic E-state index is 0.264. The summed E-state index contributed by atoms with van der Waals surface area (Å²) in [5.41, 5.74) is 2.62. The quantitative estimate of drug-likeness (QED) is 0.394. The summed E-state index contributed by atoms with van der Waals surface area (Å²) in [6, 6.07) is 30.4. The number of nitrogens with one attached hydrogen (secondary N) is 2. The number of benzene rings is 3. The first-order valence-electron chi connectivity index (χ1n) is 10.3. The predicted octanol–water partition coefficient (Wildman–Crippen LogP) is 4.62. The Morgan fingerprint density at radius 1 is 0.844 bits per heavy atom. The molecule has 0 saturated carbocycles. The lowest BCUT2D eigenvalue weighted by Gasteiger charge is -2.37. The lowest BCUT2D eigenvalue weighted by atomic mass is 9.77. The van der Waals surface area contributed by atoms with E-state index in [2.05, 4.69) is 58.3 Å².